The van der Waals surface area contributed by atoms with Gasteiger partial charge in [0.25, 0.3) is 0 Å². The van der Waals surface area contributed by atoms with Crippen LogP contribution in [0.3, 0.4) is 0 Å². The summed E-state index contributed by atoms with van der Waals surface area (Å²) < 4.78 is 0. The molecule has 0 aliphatic heterocycles. The van der Waals surface area contributed by atoms with Gasteiger partial charge in [-0.1, -0.05) is 12.8 Å². The Labute approximate surface area is 95.0 Å². The number of carbonyl (C=O) groups is 1. The fourth-order valence-electron chi connectivity index (χ4n) is 2.04. The molecule has 0 spiro atoms. The molecule has 2 rings (SSSR count). The number of amides is 1. The number of hydrogen-bond acceptors (Lipinski definition) is 3. The Bertz CT molecular complexity index is 317. The molecule has 1 fully saturated rings. The van der Waals surface area contributed by atoms with Crippen molar-refractivity contribution >= 4 is 5.91 Å². The molecule has 0 radical (unpaired) electrons. The molecule has 1 aliphatic carbocycles. The maximum Gasteiger partial charge on any atom is 0.234 e. The van der Waals surface area contributed by atoms with Crippen molar-refractivity contribution in [1.29, 1.82) is 0 Å². The van der Waals surface area contributed by atoms with Crippen LogP contribution in [0.2, 0.25) is 0 Å². The van der Waals surface area contributed by atoms with Crippen molar-refractivity contribution in [3.05, 3.63) is 18.0 Å². The quantitative estimate of drug-likeness (QED) is 0.681. The molecule has 0 unspecified atom stereocenters. The number of nitrogens with one attached hydrogen (secondary N) is 3. The molecule has 1 aliphatic rings. The maximum atomic E-state index is 11.5. The standard InChI is InChI=1S/C11H18N4O/c16-11(14-9-3-1-2-4-9)8-12-7-10-5-6-13-15-10/h5-6,9,12H,1-4,7-8H2,(H,13,15)(H,14,16). The highest BCUT2D eigenvalue weighted by atomic mass is 16.1. The molecule has 1 aromatic rings. The molecule has 5 nitrogen and oxygen atoms in total. The Morgan fingerprint density at radius 1 is 1.50 bits per heavy atom. The molecule has 1 aromatic heterocycles. The number of carbonyl (C=O) groups excluding carboxylic acids is 1. The molecule has 1 amide bonds. The van der Waals surface area contributed by atoms with Crippen molar-refractivity contribution in [2.45, 2.75) is 38.3 Å². The Balaban J connectivity index is 1.60. The van der Waals surface area contributed by atoms with Crippen molar-refractivity contribution in [1.82, 2.24) is 20.8 Å². The number of H-pyrrole nitrogens is 1. The molecular formula is C11H18N4O. The minimum Gasteiger partial charge on any atom is -0.352 e. The van der Waals surface area contributed by atoms with E-state index in [1.165, 1.54) is 12.8 Å². The van der Waals surface area contributed by atoms with Crippen LogP contribution in [-0.2, 0) is 11.3 Å². The van der Waals surface area contributed by atoms with Gasteiger partial charge in [0.1, 0.15) is 0 Å². The highest BCUT2D eigenvalue weighted by Gasteiger charge is 2.16. The highest BCUT2D eigenvalue weighted by molar-refractivity contribution is 5.78. The Morgan fingerprint density at radius 3 is 3.00 bits per heavy atom. The number of hydrogen-bond donors (Lipinski definition) is 3. The van der Waals surface area contributed by atoms with E-state index in [4.69, 9.17) is 0 Å². The SMILES string of the molecule is O=C(CNCc1ccn[nH]1)NC1CCCC1. The van der Waals surface area contributed by atoms with E-state index >= 15 is 0 Å². The molecule has 3 N–H and O–H groups in total. The van der Waals surface area contributed by atoms with Gasteiger partial charge in [-0.25, -0.2) is 0 Å². The maximum absolute atomic E-state index is 11.5. The third kappa shape index (κ3) is 3.34. The van der Waals surface area contributed by atoms with Crippen LogP contribution in [0.25, 0.3) is 0 Å². The van der Waals surface area contributed by atoms with Gasteiger partial charge < -0.3 is 10.6 Å². The summed E-state index contributed by atoms with van der Waals surface area (Å²) in [7, 11) is 0. The van der Waals surface area contributed by atoms with Crippen LogP contribution in [0.5, 0.6) is 0 Å². The number of aromatic amines is 1. The van der Waals surface area contributed by atoms with Gasteiger partial charge in [-0.15, -0.1) is 0 Å². The summed E-state index contributed by atoms with van der Waals surface area (Å²) in [5.41, 5.74) is 0.994. The second-order valence-corrected chi connectivity index (χ2v) is 4.23. The van der Waals surface area contributed by atoms with Gasteiger partial charge >= 0.3 is 0 Å². The summed E-state index contributed by atoms with van der Waals surface area (Å²) in [6.07, 6.45) is 6.45. The largest absolute Gasteiger partial charge is 0.352 e. The lowest BCUT2D eigenvalue weighted by molar-refractivity contribution is -0.120. The van der Waals surface area contributed by atoms with Gasteiger partial charge in [0.05, 0.1) is 6.54 Å². The monoisotopic (exact) mass is 222 g/mol. The molecule has 0 saturated heterocycles. The predicted octanol–water partition coefficient (Wildman–Crippen LogP) is 0.558. The Hall–Kier alpha value is -1.36. The zero-order valence-corrected chi connectivity index (χ0v) is 9.33. The van der Waals surface area contributed by atoms with Crippen molar-refractivity contribution in [2.75, 3.05) is 6.54 Å². The molecular weight excluding hydrogens is 204 g/mol. The van der Waals surface area contributed by atoms with Gasteiger partial charge in [-0.05, 0) is 18.9 Å². The smallest absolute Gasteiger partial charge is 0.234 e. The Kier molecular flexibility index (Phi) is 3.93. The van der Waals surface area contributed by atoms with Gasteiger partial charge in [0, 0.05) is 24.5 Å². The van der Waals surface area contributed by atoms with Gasteiger partial charge in [0.15, 0.2) is 0 Å². The molecule has 88 valence electrons. The van der Waals surface area contributed by atoms with Crippen LogP contribution >= 0.6 is 0 Å². The van der Waals surface area contributed by atoms with Crippen LogP contribution in [0.4, 0.5) is 0 Å². The third-order valence-electron chi connectivity index (χ3n) is 2.88. The zero-order chi connectivity index (χ0) is 11.2. The first kappa shape index (κ1) is 11.1. The fourth-order valence-corrected chi connectivity index (χ4v) is 2.04. The van der Waals surface area contributed by atoms with E-state index in [1.54, 1.807) is 6.20 Å². The van der Waals surface area contributed by atoms with Crippen molar-refractivity contribution in [2.24, 2.45) is 0 Å². The van der Waals surface area contributed by atoms with Crippen molar-refractivity contribution in [3.63, 3.8) is 0 Å². The Morgan fingerprint density at radius 2 is 2.31 bits per heavy atom. The second kappa shape index (κ2) is 5.65. The lowest BCUT2D eigenvalue weighted by atomic mass is 10.2. The number of rotatable bonds is 5. The minimum absolute atomic E-state index is 0.0893. The fraction of sp³-hybridized carbons (Fsp3) is 0.636. The first-order valence-electron chi connectivity index (χ1n) is 5.83. The summed E-state index contributed by atoms with van der Waals surface area (Å²) in [5, 5.41) is 12.8. The van der Waals surface area contributed by atoms with E-state index in [1.807, 2.05) is 6.07 Å². The highest BCUT2D eigenvalue weighted by Crippen LogP contribution is 2.17. The van der Waals surface area contributed by atoms with Gasteiger partial charge in [0.2, 0.25) is 5.91 Å². The van der Waals surface area contributed by atoms with Crippen LogP contribution < -0.4 is 10.6 Å². The van der Waals surface area contributed by atoms with E-state index in [0.29, 0.717) is 19.1 Å². The van der Waals surface area contributed by atoms with E-state index in [9.17, 15) is 4.79 Å². The van der Waals surface area contributed by atoms with Crippen LogP contribution in [0.1, 0.15) is 31.4 Å². The predicted molar refractivity (Wildman–Crippen MR) is 60.7 cm³/mol. The van der Waals surface area contributed by atoms with Crippen LogP contribution in [0.15, 0.2) is 12.3 Å². The van der Waals surface area contributed by atoms with Crippen LogP contribution in [0, 0.1) is 0 Å². The normalized spacial score (nSPS) is 16.5. The van der Waals surface area contributed by atoms with Gasteiger partial charge in [-0.3, -0.25) is 9.89 Å². The second-order valence-electron chi connectivity index (χ2n) is 4.23. The molecule has 5 heteroatoms. The van der Waals surface area contributed by atoms with E-state index in [-0.39, 0.29) is 5.91 Å². The topological polar surface area (TPSA) is 69.8 Å². The summed E-state index contributed by atoms with van der Waals surface area (Å²) in [6, 6.07) is 2.29. The molecule has 16 heavy (non-hydrogen) atoms. The summed E-state index contributed by atoms with van der Waals surface area (Å²) >= 11 is 0. The van der Waals surface area contributed by atoms with E-state index in [0.717, 1.165) is 18.5 Å². The van der Waals surface area contributed by atoms with E-state index in [2.05, 4.69) is 20.8 Å². The van der Waals surface area contributed by atoms with Gasteiger partial charge in [-0.2, -0.15) is 5.10 Å². The van der Waals surface area contributed by atoms with Crippen molar-refractivity contribution < 1.29 is 4.79 Å². The summed E-state index contributed by atoms with van der Waals surface area (Å²) in [4.78, 5) is 11.5. The average molecular weight is 222 g/mol. The molecule has 0 atom stereocenters. The third-order valence-corrected chi connectivity index (χ3v) is 2.88. The molecule has 1 saturated carbocycles. The summed E-state index contributed by atoms with van der Waals surface area (Å²) in [5.74, 6) is 0.0893. The summed E-state index contributed by atoms with van der Waals surface area (Å²) in [6.45, 7) is 1.02. The molecule has 1 heterocycles. The number of nitrogens with zero attached hydrogens (tertiary/aromatic N) is 1. The average Bonchev–Trinajstić information content (AvgIpc) is 2.90. The molecule has 0 bridgehead atoms. The van der Waals surface area contributed by atoms with Crippen LogP contribution in [-0.4, -0.2) is 28.7 Å². The minimum atomic E-state index is 0.0893. The molecule has 0 aromatic carbocycles. The zero-order valence-electron chi connectivity index (χ0n) is 9.33. The first-order valence-corrected chi connectivity index (χ1v) is 5.83. The first-order chi connectivity index (χ1) is 7.84. The van der Waals surface area contributed by atoms with E-state index < -0.39 is 0 Å². The number of aromatic nitrogens is 2. The lowest BCUT2D eigenvalue weighted by Gasteiger charge is -2.11. The lowest BCUT2D eigenvalue weighted by Crippen LogP contribution is -2.38. The van der Waals surface area contributed by atoms with Crippen molar-refractivity contribution in [3.8, 4) is 0 Å².